The Morgan fingerprint density at radius 1 is 1.22 bits per heavy atom. The van der Waals surface area contributed by atoms with Crippen molar-refractivity contribution in [2.24, 2.45) is 11.7 Å². The molecule has 0 radical (unpaired) electrons. The number of primary amides is 1. The molecule has 2 aliphatic heterocycles. The van der Waals surface area contributed by atoms with Gasteiger partial charge in [-0.15, -0.1) is 0 Å². The highest BCUT2D eigenvalue weighted by molar-refractivity contribution is 5.86. The molecule has 0 aromatic heterocycles. The molecule has 5 nitrogen and oxygen atoms in total. The van der Waals surface area contributed by atoms with Gasteiger partial charge in [0.05, 0.1) is 5.92 Å². The van der Waals surface area contributed by atoms with E-state index in [0.717, 1.165) is 38.8 Å². The molecular weight excluding hydrogens is 290 g/mol. The van der Waals surface area contributed by atoms with Gasteiger partial charge in [0.25, 0.3) is 0 Å². The Bertz CT molecular complexity index is 602. The molecule has 3 rings (SSSR count). The minimum atomic E-state index is -0.293. The number of likely N-dealkylation sites (tertiary alicyclic amines) is 1. The van der Waals surface area contributed by atoms with E-state index in [9.17, 15) is 9.59 Å². The van der Waals surface area contributed by atoms with Gasteiger partial charge in [-0.25, -0.2) is 0 Å². The minimum absolute atomic E-state index is 0.104. The standard InChI is InChI=1S/C18H25N3O2/c1-13(18(23)20-10-4-8-15(12-20)17(19)22)21-11-5-7-14-6-2-3-9-16(14)21/h2-3,6,9,13,15H,4-5,7-8,10-12H2,1H3,(H2,19,22)/t13-,15-/m1/s1. The maximum atomic E-state index is 12.9. The summed E-state index contributed by atoms with van der Waals surface area (Å²) in [6.07, 6.45) is 3.78. The highest BCUT2D eigenvalue weighted by Gasteiger charge is 2.32. The van der Waals surface area contributed by atoms with E-state index in [1.807, 2.05) is 17.9 Å². The zero-order valence-corrected chi connectivity index (χ0v) is 13.7. The average Bonchev–Trinajstić information content (AvgIpc) is 2.60. The fourth-order valence-electron chi connectivity index (χ4n) is 3.77. The summed E-state index contributed by atoms with van der Waals surface area (Å²) in [5, 5.41) is 0. The lowest BCUT2D eigenvalue weighted by Crippen LogP contribution is -2.52. The number of nitrogens with zero attached hydrogens (tertiary/aromatic N) is 2. The fourth-order valence-corrected chi connectivity index (χ4v) is 3.77. The van der Waals surface area contributed by atoms with Crippen molar-refractivity contribution in [3.05, 3.63) is 29.8 Å². The number of rotatable bonds is 3. The van der Waals surface area contributed by atoms with Crippen LogP contribution in [0.4, 0.5) is 5.69 Å². The van der Waals surface area contributed by atoms with Crippen LogP contribution >= 0.6 is 0 Å². The van der Waals surface area contributed by atoms with E-state index in [1.54, 1.807) is 0 Å². The van der Waals surface area contributed by atoms with Crippen molar-refractivity contribution in [2.45, 2.75) is 38.6 Å². The predicted molar refractivity (Wildman–Crippen MR) is 90.1 cm³/mol. The molecule has 1 aromatic carbocycles. The summed E-state index contributed by atoms with van der Waals surface area (Å²) >= 11 is 0. The van der Waals surface area contributed by atoms with E-state index < -0.39 is 0 Å². The number of para-hydroxylation sites is 1. The van der Waals surface area contributed by atoms with Gasteiger partial charge in [0.1, 0.15) is 6.04 Å². The third-order valence-electron chi connectivity index (χ3n) is 5.11. The van der Waals surface area contributed by atoms with Crippen molar-refractivity contribution in [1.82, 2.24) is 4.90 Å². The third-order valence-corrected chi connectivity index (χ3v) is 5.11. The quantitative estimate of drug-likeness (QED) is 0.920. The van der Waals surface area contributed by atoms with Crippen LogP contribution < -0.4 is 10.6 Å². The Balaban J connectivity index is 1.74. The predicted octanol–water partition coefficient (Wildman–Crippen LogP) is 1.55. The Labute approximate surface area is 137 Å². The topological polar surface area (TPSA) is 66.6 Å². The van der Waals surface area contributed by atoms with E-state index >= 15 is 0 Å². The maximum absolute atomic E-state index is 12.9. The van der Waals surface area contributed by atoms with E-state index in [0.29, 0.717) is 6.54 Å². The van der Waals surface area contributed by atoms with Gasteiger partial charge in [0.2, 0.25) is 11.8 Å². The number of hydrogen-bond donors (Lipinski definition) is 1. The minimum Gasteiger partial charge on any atom is -0.369 e. The molecule has 2 amide bonds. The lowest BCUT2D eigenvalue weighted by molar-refractivity contribution is -0.135. The highest BCUT2D eigenvalue weighted by atomic mass is 16.2. The van der Waals surface area contributed by atoms with Crippen molar-refractivity contribution in [2.75, 3.05) is 24.5 Å². The number of hydrogen-bond acceptors (Lipinski definition) is 3. The van der Waals surface area contributed by atoms with E-state index in [4.69, 9.17) is 5.73 Å². The van der Waals surface area contributed by atoms with Gasteiger partial charge < -0.3 is 15.5 Å². The molecule has 2 heterocycles. The second kappa shape index (κ2) is 6.60. The maximum Gasteiger partial charge on any atom is 0.245 e. The number of fused-ring (bicyclic) bond motifs is 1. The molecule has 1 saturated heterocycles. The third kappa shape index (κ3) is 3.19. The first-order valence-corrected chi connectivity index (χ1v) is 8.50. The fraction of sp³-hybridized carbons (Fsp3) is 0.556. The van der Waals surface area contributed by atoms with Crippen LogP contribution in [0.25, 0.3) is 0 Å². The van der Waals surface area contributed by atoms with Crippen LogP contribution in [0.3, 0.4) is 0 Å². The molecule has 0 unspecified atom stereocenters. The van der Waals surface area contributed by atoms with E-state index in [1.165, 1.54) is 11.3 Å². The van der Waals surface area contributed by atoms with Gasteiger partial charge in [-0.2, -0.15) is 0 Å². The largest absolute Gasteiger partial charge is 0.369 e. The van der Waals surface area contributed by atoms with Crippen LogP contribution in [0.5, 0.6) is 0 Å². The monoisotopic (exact) mass is 315 g/mol. The van der Waals surface area contributed by atoms with Gasteiger partial charge >= 0.3 is 0 Å². The van der Waals surface area contributed by atoms with Gasteiger partial charge in [-0.3, -0.25) is 9.59 Å². The molecular formula is C18H25N3O2. The van der Waals surface area contributed by atoms with Gasteiger partial charge in [0.15, 0.2) is 0 Å². The summed E-state index contributed by atoms with van der Waals surface area (Å²) < 4.78 is 0. The Kier molecular flexibility index (Phi) is 4.55. The van der Waals surface area contributed by atoms with E-state index in [-0.39, 0.29) is 23.8 Å². The Morgan fingerprint density at radius 3 is 2.78 bits per heavy atom. The van der Waals surface area contributed by atoms with Crippen molar-refractivity contribution in [3.8, 4) is 0 Å². The number of benzene rings is 1. The Hall–Kier alpha value is -2.04. The lowest BCUT2D eigenvalue weighted by atomic mass is 9.96. The molecule has 0 saturated carbocycles. The molecule has 1 aromatic rings. The normalized spacial score (nSPS) is 22.4. The molecule has 124 valence electrons. The summed E-state index contributed by atoms with van der Waals surface area (Å²) in [5.74, 6) is -0.389. The smallest absolute Gasteiger partial charge is 0.245 e. The first kappa shape index (κ1) is 15.8. The van der Waals surface area contributed by atoms with Crippen molar-refractivity contribution in [3.63, 3.8) is 0 Å². The highest BCUT2D eigenvalue weighted by Crippen LogP contribution is 2.29. The van der Waals surface area contributed by atoms with Crippen LogP contribution in [0, 0.1) is 5.92 Å². The molecule has 23 heavy (non-hydrogen) atoms. The molecule has 2 N–H and O–H groups in total. The summed E-state index contributed by atoms with van der Waals surface area (Å²) in [4.78, 5) is 28.4. The van der Waals surface area contributed by atoms with Crippen molar-refractivity contribution < 1.29 is 9.59 Å². The summed E-state index contributed by atoms with van der Waals surface area (Å²) in [6.45, 7) is 4.06. The number of piperidine rings is 1. The van der Waals surface area contributed by atoms with Crippen LogP contribution in [-0.2, 0) is 16.0 Å². The average molecular weight is 315 g/mol. The number of carbonyl (C=O) groups is 2. The molecule has 5 heteroatoms. The molecule has 0 aliphatic carbocycles. The first-order valence-electron chi connectivity index (χ1n) is 8.50. The number of carbonyl (C=O) groups excluding carboxylic acids is 2. The lowest BCUT2D eigenvalue weighted by Gasteiger charge is -2.39. The van der Waals surface area contributed by atoms with Crippen molar-refractivity contribution >= 4 is 17.5 Å². The van der Waals surface area contributed by atoms with Gasteiger partial charge in [-0.1, -0.05) is 18.2 Å². The summed E-state index contributed by atoms with van der Waals surface area (Å²) in [5.41, 5.74) is 7.91. The van der Waals surface area contributed by atoms with Gasteiger partial charge in [-0.05, 0) is 44.2 Å². The van der Waals surface area contributed by atoms with Crippen LogP contribution in [0.1, 0.15) is 31.7 Å². The SMILES string of the molecule is C[C@H](C(=O)N1CCC[C@@H](C(N)=O)C1)N1CCCc2ccccc21. The summed E-state index contributed by atoms with van der Waals surface area (Å²) in [6, 6.07) is 8.11. The zero-order chi connectivity index (χ0) is 16.4. The molecule has 1 fully saturated rings. The molecule has 2 aliphatic rings. The molecule has 2 atom stereocenters. The van der Waals surface area contributed by atoms with Crippen LogP contribution in [0.15, 0.2) is 24.3 Å². The van der Waals surface area contributed by atoms with Crippen LogP contribution in [0.2, 0.25) is 0 Å². The molecule has 0 spiro atoms. The van der Waals surface area contributed by atoms with Gasteiger partial charge in [0, 0.05) is 25.3 Å². The van der Waals surface area contributed by atoms with E-state index in [2.05, 4.69) is 23.1 Å². The summed E-state index contributed by atoms with van der Waals surface area (Å²) in [7, 11) is 0. The Morgan fingerprint density at radius 2 is 2.00 bits per heavy atom. The second-order valence-corrected chi connectivity index (χ2v) is 6.63. The van der Waals surface area contributed by atoms with Crippen LogP contribution in [-0.4, -0.2) is 42.4 Å². The van der Waals surface area contributed by atoms with Crippen molar-refractivity contribution in [1.29, 1.82) is 0 Å². The number of amides is 2. The number of aryl methyl sites for hydroxylation is 1. The molecule has 0 bridgehead atoms. The number of anilines is 1. The second-order valence-electron chi connectivity index (χ2n) is 6.63. The first-order chi connectivity index (χ1) is 11.1. The number of nitrogens with two attached hydrogens (primary N) is 1. The zero-order valence-electron chi connectivity index (χ0n) is 13.7.